The zero-order valence-electron chi connectivity index (χ0n) is 7.95. The zero-order valence-corrected chi connectivity index (χ0v) is 8.71. The van der Waals surface area contributed by atoms with Crippen molar-refractivity contribution in [3.63, 3.8) is 0 Å². The fourth-order valence-electron chi connectivity index (χ4n) is 1.35. The number of aromatic nitrogens is 1. The van der Waals surface area contributed by atoms with Crippen molar-refractivity contribution in [1.29, 1.82) is 0 Å². The molecule has 0 amide bonds. The van der Waals surface area contributed by atoms with Crippen LogP contribution in [0.1, 0.15) is 5.69 Å². The van der Waals surface area contributed by atoms with Gasteiger partial charge in [-0.15, -0.1) is 11.6 Å². The van der Waals surface area contributed by atoms with Gasteiger partial charge < -0.3 is 0 Å². The SMILES string of the molecule is Fc1ccc(-c2ccccc2)nc1CCl. The summed E-state index contributed by atoms with van der Waals surface area (Å²) in [5.74, 6) is -0.267. The minimum Gasteiger partial charge on any atom is -0.248 e. The zero-order chi connectivity index (χ0) is 10.7. The monoisotopic (exact) mass is 221 g/mol. The highest BCUT2D eigenvalue weighted by Gasteiger charge is 2.05. The molecule has 0 bridgehead atoms. The van der Waals surface area contributed by atoms with Gasteiger partial charge in [-0.05, 0) is 12.1 Å². The number of halogens is 2. The average molecular weight is 222 g/mol. The van der Waals surface area contributed by atoms with Crippen LogP contribution in [0.5, 0.6) is 0 Å². The third-order valence-corrected chi connectivity index (χ3v) is 2.37. The number of benzene rings is 1. The molecule has 0 aliphatic carbocycles. The highest BCUT2D eigenvalue weighted by atomic mass is 35.5. The molecule has 2 rings (SSSR count). The third-order valence-electron chi connectivity index (χ3n) is 2.11. The second kappa shape index (κ2) is 4.41. The Morgan fingerprint density at radius 2 is 1.80 bits per heavy atom. The average Bonchev–Trinajstić information content (AvgIpc) is 2.31. The van der Waals surface area contributed by atoms with Gasteiger partial charge in [0.15, 0.2) is 0 Å². The van der Waals surface area contributed by atoms with Crippen LogP contribution in [0.15, 0.2) is 42.5 Å². The molecule has 0 unspecified atom stereocenters. The van der Waals surface area contributed by atoms with Crippen molar-refractivity contribution in [3.8, 4) is 11.3 Å². The molecule has 0 atom stereocenters. The number of nitrogens with zero attached hydrogens (tertiary/aromatic N) is 1. The van der Waals surface area contributed by atoms with Crippen LogP contribution in [-0.2, 0) is 5.88 Å². The highest BCUT2D eigenvalue weighted by Crippen LogP contribution is 2.18. The van der Waals surface area contributed by atoms with Gasteiger partial charge in [0.25, 0.3) is 0 Å². The van der Waals surface area contributed by atoms with Gasteiger partial charge in [-0.25, -0.2) is 9.37 Å². The molecule has 0 spiro atoms. The Labute approximate surface area is 92.5 Å². The van der Waals surface area contributed by atoms with E-state index in [0.717, 1.165) is 11.3 Å². The topological polar surface area (TPSA) is 12.9 Å². The van der Waals surface area contributed by atoms with Gasteiger partial charge in [0.1, 0.15) is 5.82 Å². The van der Waals surface area contributed by atoms with E-state index in [1.54, 1.807) is 6.07 Å². The quantitative estimate of drug-likeness (QED) is 0.706. The Morgan fingerprint density at radius 1 is 1.07 bits per heavy atom. The molecule has 0 saturated heterocycles. The van der Waals surface area contributed by atoms with Crippen molar-refractivity contribution in [2.45, 2.75) is 5.88 Å². The fraction of sp³-hybridized carbons (Fsp3) is 0.0833. The number of hydrogen-bond donors (Lipinski definition) is 0. The van der Waals surface area contributed by atoms with Crippen LogP contribution in [-0.4, -0.2) is 4.98 Å². The number of pyridine rings is 1. The minimum absolute atomic E-state index is 0.0898. The molecule has 1 aromatic heterocycles. The number of alkyl halides is 1. The normalized spacial score (nSPS) is 10.3. The van der Waals surface area contributed by atoms with E-state index in [9.17, 15) is 4.39 Å². The van der Waals surface area contributed by atoms with Gasteiger partial charge in [0, 0.05) is 5.56 Å². The summed E-state index contributed by atoms with van der Waals surface area (Å²) in [7, 11) is 0. The van der Waals surface area contributed by atoms with Crippen molar-refractivity contribution in [2.24, 2.45) is 0 Å². The smallest absolute Gasteiger partial charge is 0.145 e. The molecule has 1 aromatic carbocycles. The van der Waals surface area contributed by atoms with Gasteiger partial charge in [0.2, 0.25) is 0 Å². The first-order valence-electron chi connectivity index (χ1n) is 4.58. The molecule has 1 nitrogen and oxygen atoms in total. The van der Waals surface area contributed by atoms with Crippen molar-refractivity contribution in [3.05, 3.63) is 54.0 Å². The molecule has 2 aromatic rings. The Bertz CT molecular complexity index is 456. The molecule has 0 aliphatic heterocycles. The largest absolute Gasteiger partial charge is 0.248 e. The van der Waals surface area contributed by atoms with Gasteiger partial charge in [-0.2, -0.15) is 0 Å². The van der Waals surface area contributed by atoms with E-state index in [-0.39, 0.29) is 17.4 Å². The first-order valence-corrected chi connectivity index (χ1v) is 5.11. The molecular weight excluding hydrogens is 213 g/mol. The maximum Gasteiger partial charge on any atom is 0.145 e. The molecule has 0 aliphatic rings. The summed E-state index contributed by atoms with van der Waals surface area (Å²) < 4.78 is 13.1. The molecule has 0 saturated carbocycles. The molecule has 1 heterocycles. The third kappa shape index (κ3) is 2.16. The summed E-state index contributed by atoms with van der Waals surface area (Å²) in [4.78, 5) is 4.15. The molecule has 0 radical (unpaired) electrons. The molecule has 0 N–H and O–H groups in total. The van der Waals surface area contributed by atoms with Crippen LogP contribution in [0, 0.1) is 5.82 Å². The summed E-state index contributed by atoms with van der Waals surface area (Å²) >= 11 is 5.59. The second-order valence-corrected chi connectivity index (χ2v) is 3.39. The maximum atomic E-state index is 13.1. The van der Waals surface area contributed by atoms with E-state index in [2.05, 4.69) is 4.98 Å². The van der Waals surface area contributed by atoms with Gasteiger partial charge in [0.05, 0.1) is 17.3 Å². The lowest BCUT2D eigenvalue weighted by Crippen LogP contribution is -1.93. The Balaban J connectivity index is 2.46. The van der Waals surface area contributed by atoms with Gasteiger partial charge in [-0.3, -0.25) is 0 Å². The number of rotatable bonds is 2. The summed E-state index contributed by atoms with van der Waals surface area (Å²) in [6.45, 7) is 0. The Morgan fingerprint density at radius 3 is 2.47 bits per heavy atom. The molecular formula is C12H9ClFN. The van der Waals surface area contributed by atoms with E-state index in [1.165, 1.54) is 6.07 Å². The van der Waals surface area contributed by atoms with Crippen LogP contribution in [0.4, 0.5) is 4.39 Å². The lowest BCUT2D eigenvalue weighted by Gasteiger charge is -2.03. The highest BCUT2D eigenvalue weighted by molar-refractivity contribution is 6.16. The van der Waals surface area contributed by atoms with Crippen LogP contribution < -0.4 is 0 Å². The van der Waals surface area contributed by atoms with Gasteiger partial charge in [-0.1, -0.05) is 30.3 Å². The summed E-state index contributed by atoms with van der Waals surface area (Å²) in [5, 5.41) is 0. The van der Waals surface area contributed by atoms with Crippen molar-refractivity contribution >= 4 is 11.6 Å². The van der Waals surface area contributed by atoms with Crippen LogP contribution in [0.3, 0.4) is 0 Å². The van der Waals surface area contributed by atoms with E-state index in [4.69, 9.17) is 11.6 Å². The van der Waals surface area contributed by atoms with Crippen molar-refractivity contribution < 1.29 is 4.39 Å². The van der Waals surface area contributed by atoms with E-state index < -0.39 is 0 Å². The van der Waals surface area contributed by atoms with Gasteiger partial charge >= 0.3 is 0 Å². The summed E-state index contributed by atoms with van der Waals surface area (Å²) in [6.07, 6.45) is 0. The molecule has 3 heteroatoms. The van der Waals surface area contributed by atoms with E-state index >= 15 is 0 Å². The van der Waals surface area contributed by atoms with Crippen molar-refractivity contribution in [2.75, 3.05) is 0 Å². The second-order valence-electron chi connectivity index (χ2n) is 3.12. The first kappa shape index (κ1) is 10.1. The fourth-order valence-corrected chi connectivity index (χ4v) is 1.54. The van der Waals surface area contributed by atoms with Crippen LogP contribution >= 0.6 is 11.6 Å². The molecule has 76 valence electrons. The predicted molar refractivity (Wildman–Crippen MR) is 59.2 cm³/mol. The van der Waals surface area contributed by atoms with Crippen LogP contribution in [0.2, 0.25) is 0 Å². The lowest BCUT2D eigenvalue weighted by molar-refractivity contribution is 0.608. The molecule has 15 heavy (non-hydrogen) atoms. The summed E-state index contributed by atoms with van der Waals surface area (Å²) in [6, 6.07) is 12.7. The van der Waals surface area contributed by atoms with Crippen LogP contribution in [0.25, 0.3) is 11.3 Å². The Kier molecular flexibility index (Phi) is 2.97. The lowest BCUT2D eigenvalue weighted by atomic mass is 10.1. The van der Waals surface area contributed by atoms with E-state index in [1.807, 2.05) is 30.3 Å². The standard InChI is InChI=1S/C12H9ClFN/c13-8-12-10(14)6-7-11(15-12)9-4-2-1-3-5-9/h1-7H,8H2. The predicted octanol–water partition coefficient (Wildman–Crippen LogP) is 3.63. The minimum atomic E-state index is -0.357. The Hall–Kier alpha value is -1.41. The number of hydrogen-bond acceptors (Lipinski definition) is 1. The summed E-state index contributed by atoms with van der Waals surface area (Å²) in [5.41, 5.74) is 1.99. The maximum absolute atomic E-state index is 13.1. The molecule has 0 fully saturated rings. The first-order chi connectivity index (χ1) is 7.31. The van der Waals surface area contributed by atoms with Crippen molar-refractivity contribution in [1.82, 2.24) is 4.98 Å². The van der Waals surface area contributed by atoms with E-state index in [0.29, 0.717) is 0 Å².